The summed E-state index contributed by atoms with van der Waals surface area (Å²) in [6, 6.07) is 13.0. The smallest absolute Gasteiger partial charge is 0.295 e. The summed E-state index contributed by atoms with van der Waals surface area (Å²) in [5, 5.41) is 11.5. The molecule has 2 aromatic carbocycles. The molecule has 7 heteroatoms. The number of likely N-dealkylation sites (tertiary alicyclic amines) is 1. The van der Waals surface area contributed by atoms with Crippen molar-refractivity contribution < 1.29 is 24.2 Å². The number of Topliss-reactive ketones (excluding diaryl/α,β-unsaturated/α-hetero) is 1. The van der Waals surface area contributed by atoms with E-state index in [1.165, 1.54) is 4.90 Å². The molecule has 1 amide bonds. The van der Waals surface area contributed by atoms with Crippen LogP contribution in [-0.2, 0) is 14.3 Å². The molecule has 2 aromatic rings. The number of aliphatic hydroxyl groups is 1. The van der Waals surface area contributed by atoms with Gasteiger partial charge in [-0.1, -0.05) is 30.7 Å². The fraction of sp³-hybridized carbons (Fsp3) is 0.333. The van der Waals surface area contributed by atoms with Crippen LogP contribution in [0, 0.1) is 0 Å². The van der Waals surface area contributed by atoms with Gasteiger partial charge < -0.3 is 19.5 Å². The third kappa shape index (κ3) is 5.09. The Bertz CT molecular complexity index is 970. The summed E-state index contributed by atoms with van der Waals surface area (Å²) in [6.45, 7) is 3.34. The quantitative estimate of drug-likeness (QED) is 0.265. The Hall–Kier alpha value is -2.83. The molecule has 164 valence electrons. The minimum absolute atomic E-state index is 0.0531. The monoisotopic (exact) mass is 443 g/mol. The van der Waals surface area contributed by atoms with Crippen molar-refractivity contribution in [1.29, 1.82) is 0 Å². The summed E-state index contributed by atoms with van der Waals surface area (Å²) >= 11 is 5.95. The molecule has 0 radical (unpaired) electrons. The molecule has 1 aliphatic heterocycles. The zero-order valence-corrected chi connectivity index (χ0v) is 18.4. The first-order valence-electron chi connectivity index (χ1n) is 10.2. The predicted octanol–water partition coefficient (Wildman–Crippen LogP) is 4.59. The van der Waals surface area contributed by atoms with Gasteiger partial charge in [-0.05, 0) is 54.8 Å². The molecule has 0 bridgehead atoms. The van der Waals surface area contributed by atoms with Gasteiger partial charge in [-0.25, -0.2) is 0 Å². The van der Waals surface area contributed by atoms with Gasteiger partial charge >= 0.3 is 0 Å². The van der Waals surface area contributed by atoms with Gasteiger partial charge in [0.15, 0.2) is 0 Å². The van der Waals surface area contributed by atoms with E-state index in [9.17, 15) is 14.7 Å². The van der Waals surface area contributed by atoms with Gasteiger partial charge in [0.05, 0.1) is 18.2 Å². The summed E-state index contributed by atoms with van der Waals surface area (Å²) in [7, 11) is 1.58. The molecule has 1 saturated heterocycles. The lowest BCUT2D eigenvalue weighted by atomic mass is 9.95. The average Bonchev–Trinajstić information content (AvgIpc) is 3.03. The molecular weight excluding hydrogens is 418 g/mol. The van der Waals surface area contributed by atoms with E-state index in [0.29, 0.717) is 48.1 Å². The molecule has 1 heterocycles. The highest BCUT2D eigenvalue weighted by Gasteiger charge is 2.45. The summed E-state index contributed by atoms with van der Waals surface area (Å²) in [5.41, 5.74) is 1.17. The van der Waals surface area contributed by atoms with Crippen molar-refractivity contribution in [1.82, 2.24) is 4.90 Å². The first-order chi connectivity index (χ1) is 15.0. The molecule has 0 saturated carbocycles. The van der Waals surface area contributed by atoms with E-state index in [0.717, 1.165) is 6.42 Å². The molecule has 1 aliphatic rings. The minimum atomic E-state index is -0.724. The second kappa shape index (κ2) is 10.5. The van der Waals surface area contributed by atoms with Crippen LogP contribution in [-0.4, -0.2) is 48.6 Å². The summed E-state index contributed by atoms with van der Waals surface area (Å²) in [5.74, 6) is -0.936. The standard InChI is InChI=1S/C24H26ClNO5/c1-3-13-31-19-7-4-6-17(15-19)21-20(22(27)16-8-10-18(25)11-9-16)23(28)24(29)26(21)12-5-14-30-2/h4,6-11,15,21,27H,3,5,12-14H2,1-2H3/b22-20+. The number of aliphatic hydroxyl groups excluding tert-OH is 1. The zero-order valence-electron chi connectivity index (χ0n) is 17.6. The van der Waals surface area contributed by atoms with Gasteiger partial charge in [-0.15, -0.1) is 0 Å². The number of nitrogens with zero attached hydrogens (tertiary/aromatic N) is 1. The maximum atomic E-state index is 13.0. The Morgan fingerprint density at radius 1 is 1.13 bits per heavy atom. The van der Waals surface area contributed by atoms with E-state index in [1.807, 2.05) is 31.2 Å². The molecule has 6 nitrogen and oxygen atoms in total. The molecule has 1 fully saturated rings. The number of benzene rings is 2. The Morgan fingerprint density at radius 2 is 1.87 bits per heavy atom. The molecule has 1 atom stereocenters. The second-order valence-corrected chi connectivity index (χ2v) is 7.70. The average molecular weight is 444 g/mol. The number of carbonyl (C=O) groups is 2. The molecule has 1 N–H and O–H groups in total. The van der Waals surface area contributed by atoms with Crippen molar-refractivity contribution >= 4 is 29.1 Å². The fourth-order valence-electron chi connectivity index (χ4n) is 3.59. The highest BCUT2D eigenvalue weighted by Crippen LogP contribution is 2.40. The van der Waals surface area contributed by atoms with E-state index in [4.69, 9.17) is 21.1 Å². The first kappa shape index (κ1) is 22.8. The largest absolute Gasteiger partial charge is 0.507 e. The van der Waals surface area contributed by atoms with Crippen molar-refractivity contribution in [2.45, 2.75) is 25.8 Å². The number of carbonyl (C=O) groups excluding carboxylic acids is 2. The van der Waals surface area contributed by atoms with Crippen LogP contribution in [0.1, 0.15) is 36.9 Å². The lowest BCUT2D eigenvalue weighted by Gasteiger charge is -2.25. The van der Waals surface area contributed by atoms with Gasteiger partial charge in [0.25, 0.3) is 11.7 Å². The van der Waals surface area contributed by atoms with E-state index in [2.05, 4.69) is 0 Å². The van der Waals surface area contributed by atoms with Crippen LogP contribution in [0.25, 0.3) is 5.76 Å². The van der Waals surface area contributed by atoms with Crippen LogP contribution in [0.5, 0.6) is 5.75 Å². The number of hydrogen-bond donors (Lipinski definition) is 1. The SMILES string of the molecule is CCCOc1cccc(C2/C(=C(\O)c3ccc(Cl)cc3)C(=O)C(=O)N2CCCOC)c1. The Kier molecular flexibility index (Phi) is 7.71. The lowest BCUT2D eigenvalue weighted by molar-refractivity contribution is -0.140. The molecule has 0 aromatic heterocycles. The van der Waals surface area contributed by atoms with Crippen molar-refractivity contribution in [2.75, 3.05) is 26.9 Å². The number of amides is 1. The van der Waals surface area contributed by atoms with Gasteiger partial charge in [0, 0.05) is 30.8 Å². The van der Waals surface area contributed by atoms with Crippen LogP contribution >= 0.6 is 11.6 Å². The van der Waals surface area contributed by atoms with Crippen LogP contribution in [0.15, 0.2) is 54.1 Å². The van der Waals surface area contributed by atoms with Crippen LogP contribution in [0.2, 0.25) is 5.02 Å². The zero-order chi connectivity index (χ0) is 22.4. The number of halogens is 1. The van der Waals surface area contributed by atoms with Gasteiger partial charge in [0.1, 0.15) is 11.5 Å². The van der Waals surface area contributed by atoms with Crippen LogP contribution in [0.4, 0.5) is 0 Å². The Labute approximate surface area is 187 Å². The van der Waals surface area contributed by atoms with E-state index in [1.54, 1.807) is 31.4 Å². The van der Waals surface area contributed by atoms with Crippen molar-refractivity contribution in [3.63, 3.8) is 0 Å². The van der Waals surface area contributed by atoms with Gasteiger partial charge in [-0.2, -0.15) is 0 Å². The van der Waals surface area contributed by atoms with E-state index < -0.39 is 17.7 Å². The van der Waals surface area contributed by atoms with Gasteiger partial charge in [-0.3, -0.25) is 9.59 Å². The maximum Gasteiger partial charge on any atom is 0.295 e. The number of rotatable bonds is 9. The molecule has 0 spiro atoms. The normalized spacial score (nSPS) is 17.9. The molecule has 3 rings (SSSR count). The molecule has 31 heavy (non-hydrogen) atoms. The van der Waals surface area contributed by atoms with E-state index >= 15 is 0 Å². The Balaban J connectivity index is 2.09. The second-order valence-electron chi connectivity index (χ2n) is 7.27. The number of methoxy groups -OCH3 is 1. The van der Waals surface area contributed by atoms with Crippen molar-refractivity contribution in [3.05, 3.63) is 70.3 Å². The highest BCUT2D eigenvalue weighted by molar-refractivity contribution is 6.46. The molecule has 0 aliphatic carbocycles. The lowest BCUT2D eigenvalue weighted by Crippen LogP contribution is -2.31. The number of hydrogen-bond acceptors (Lipinski definition) is 5. The number of ether oxygens (including phenoxy) is 2. The van der Waals surface area contributed by atoms with E-state index in [-0.39, 0.29) is 11.3 Å². The topological polar surface area (TPSA) is 76.1 Å². The first-order valence-corrected chi connectivity index (χ1v) is 10.6. The summed E-state index contributed by atoms with van der Waals surface area (Å²) in [4.78, 5) is 27.3. The van der Waals surface area contributed by atoms with Crippen molar-refractivity contribution in [2.24, 2.45) is 0 Å². The molecular formula is C24H26ClNO5. The number of ketones is 1. The molecule has 1 unspecified atom stereocenters. The van der Waals surface area contributed by atoms with Crippen LogP contribution < -0.4 is 4.74 Å². The fourth-order valence-corrected chi connectivity index (χ4v) is 3.72. The predicted molar refractivity (Wildman–Crippen MR) is 119 cm³/mol. The third-order valence-corrected chi connectivity index (χ3v) is 5.30. The minimum Gasteiger partial charge on any atom is -0.507 e. The highest BCUT2D eigenvalue weighted by atomic mass is 35.5. The summed E-state index contributed by atoms with van der Waals surface area (Å²) in [6.07, 6.45) is 1.42. The van der Waals surface area contributed by atoms with Crippen LogP contribution in [0.3, 0.4) is 0 Å². The third-order valence-electron chi connectivity index (χ3n) is 5.05. The Morgan fingerprint density at radius 3 is 2.55 bits per heavy atom. The summed E-state index contributed by atoms with van der Waals surface area (Å²) < 4.78 is 10.8. The van der Waals surface area contributed by atoms with Gasteiger partial charge in [0.2, 0.25) is 0 Å². The maximum absolute atomic E-state index is 13.0. The van der Waals surface area contributed by atoms with Crippen molar-refractivity contribution in [3.8, 4) is 5.75 Å².